The second kappa shape index (κ2) is 3.53. The summed E-state index contributed by atoms with van der Waals surface area (Å²) in [6.45, 7) is 0. The zero-order valence-electron chi connectivity index (χ0n) is 8.05. The van der Waals surface area contributed by atoms with Gasteiger partial charge in [0.1, 0.15) is 0 Å². The molecule has 2 heterocycles. The van der Waals surface area contributed by atoms with Crippen molar-refractivity contribution in [3.05, 3.63) is 35.9 Å². The highest BCUT2D eigenvalue weighted by atomic mass is 35.5. The van der Waals surface area contributed by atoms with Crippen molar-refractivity contribution in [2.24, 2.45) is 0 Å². The van der Waals surface area contributed by atoms with E-state index in [-0.39, 0.29) is 0 Å². The summed E-state index contributed by atoms with van der Waals surface area (Å²) in [5, 5.41) is 8.01. The predicted octanol–water partition coefficient (Wildman–Crippen LogP) is 2.07. The summed E-state index contributed by atoms with van der Waals surface area (Å²) in [6, 6.07) is 5.69. The lowest BCUT2D eigenvalue weighted by molar-refractivity contribution is 0.980. The molecule has 0 bridgehead atoms. The lowest BCUT2D eigenvalue weighted by Crippen LogP contribution is -1.91. The van der Waals surface area contributed by atoms with E-state index in [2.05, 4.69) is 25.1 Å². The molecule has 3 aromatic rings. The van der Waals surface area contributed by atoms with Crippen LogP contribution in [0.3, 0.4) is 0 Å². The first-order valence-electron chi connectivity index (χ1n) is 4.62. The molecule has 78 valence electrons. The van der Waals surface area contributed by atoms with Gasteiger partial charge in [0.15, 0.2) is 11.0 Å². The molecule has 5 nitrogen and oxygen atoms in total. The number of halogens is 1. The Labute approximate surface area is 95.5 Å². The standard InChI is InChI=1S/C10H6ClN5/c11-9-4-14-16-10(15-9)6-1-2-7-8(3-6)13-5-12-7/h1-5H,(H,12,13). The van der Waals surface area contributed by atoms with E-state index >= 15 is 0 Å². The van der Waals surface area contributed by atoms with E-state index in [1.54, 1.807) is 6.33 Å². The minimum absolute atomic E-state index is 0.328. The molecule has 0 aliphatic carbocycles. The Balaban J connectivity index is 2.18. The highest BCUT2D eigenvalue weighted by Gasteiger charge is 2.04. The lowest BCUT2D eigenvalue weighted by Gasteiger charge is -1.98. The normalized spacial score (nSPS) is 10.8. The van der Waals surface area contributed by atoms with Crippen molar-refractivity contribution >= 4 is 22.6 Å². The number of benzene rings is 1. The van der Waals surface area contributed by atoms with Gasteiger partial charge in [-0.3, -0.25) is 0 Å². The first-order chi connectivity index (χ1) is 7.83. The average molecular weight is 232 g/mol. The second-order valence-electron chi connectivity index (χ2n) is 3.24. The van der Waals surface area contributed by atoms with Gasteiger partial charge < -0.3 is 4.98 Å². The summed E-state index contributed by atoms with van der Waals surface area (Å²) < 4.78 is 0. The molecular formula is C10H6ClN5. The minimum Gasteiger partial charge on any atom is -0.345 e. The van der Waals surface area contributed by atoms with E-state index in [9.17, 15) is 0 Å². The third-order valence-corrected chi connectivity index (χ3v) is 2.39. The average Bonchev–Trinajstić information content (AvgIpc) is 2.75. The zero-order valence-corrected chi connectivity index (χ0v) is 8.81. The number of imidazole rings is 1. The van der Waals surface area contributed by atoms with Gasteiger partial charge in [-0.1, -0.05) is 11.6 Å². The van der Waals surface area contributed by atoms with Crippen molar-refractivity contribution in [2.75, 3.05) is 0 Å². The van der Waals surface area contributed by atoms with Crippen LogP contribution >= 0.6 is 11.6 Å². The molecule has 0 aliphatic heterocycles. The van der Waals surface area contributed by atoms with E-state index in [1.165, 1.54) is 6.20 Å². The fourth-order valence-electron chi connectivity index (χ4n) is 1.48. The third kappa shape index (κ3) is 1.51. The molecule has 0 atom stereocenters. The molecule has 1 aromatic carbocycles. The van der Waals surface area contributed by atoms with Gasteiger partial charge in [0.25, 0.3) is 0 Å². The minimum atomic E-state index is 0.328. The summed E-state index contributed by atoms with van der Waals surface area (Å²) >= 11 is 5.76. The van der Waals surface area contributed by atoms with Crippen molar-refractivity contribution in [1.29, 1.82) is 0 Å². The third-order valence-electron chi connectivity index (χ3n) is 2.21. The maximum absolute atomic E-state index is 5.76. The Hall–Kier alpha value is -2.01. The Morgan fingerprint density at radius 3 is 3.06 bits per heavy atom. The van der Waals surface area contributed by atoms with Crippen molar-refractivity contribution < 1.29 is 0 Å². The van der Waals surface area contributed by atoms with Crippen LogP contribution in [0.15, 0.2) is 30.7 Å². The molecule has 0 fully saturated rings. The number of aromatic nitrogens is 5. The van der Waals surface area contributed by atoms with Crippen LogP contribution in [0.1, 0.15) is 0 Å². The van der Waals surface area contributed by atoms with Crippen LogP contribution in [0, 0.1) is 0 Å². The number of H-pyrrole nitrogens is 1. The maximum Gasteiger partial charge on any atom is 0.183 e. The summed E-state index contributed by atoms with van der Waals surface area (Å²) in [6.07, 6.45) is 3.05. The van der Waals surface area contributed by atoms with Gasteiger partial charge in [0, 0.05) is 5.56 Å². The molecule has 1 N–H and O–H groups in total. The molecule has 2 aromatic heterocycles. The van der Waals surface area contributed by atoms with Crippen LogP contribution in [-0.4, -0.2) is 25.1 Å². The summed E-state index contributed by atoms with van der Waals surface area (Å²) in [4.78, 5) is 11.2. The number of hydrogen-bond acceptors (Lipinski definition) is 4. The van der Waals surface area contributed by atoms with Gasteiger partial charge in [0.2, 0.25) is 0 Å². The maximum atomic E-state index is 5.76. The molecule has 16 heavy (non-hydrogen) atoms. The van der Waals surface area contributed by atoms with Gasteiger partial charge in [0.05, 0.1) is 23.6 Å². The molecule has 0 unspecified atom stereocenters. The van der Waals surface area contributed by atoms with Crippen molar-refractivity contribution in [1.82, 2.24) is 25.1 Å². The monoisotopic (exact) mass is 231 g/mol. The molecular weight excluding hydrogens is 226 g/mol. The highest BCUT2D eigenvalue weighted by Crippen LogP contribution is 2.19. The fourth-order valence-corrected chi connectivity index (χ4v) is 1.60. The number of hydrogen-bond donors (Lipinski definition) is 1. The molecule has 0 radical (unpaired) electrons. The Morgan fingerprint density at radius 2 is 2.19 bits per heavy atom. The molecule has 0 spiro atoms. The van der Waals surface area contributed by atoms with Crippen molar-refractivity contribution in [3.8, 4) is 11.4 Å². The summed E-state index contributed by atoms with van der Waals surface area (Å²) in [7, 11) is 0. The van der Waals surface area contributed by atoms with Crippen LogP contribution in [0.25, 0.3) is 22.4 Å². The van der Waals surface area contributed by atoms with Crippen LogP contribution in [0.5, 0.6) is 0 Å². The molecule has 6 heteroatoms. The van der Waals surface area contributed by atoms with Crippen molar-refractivity contribution in [2.45, 2.75) is 0 Å². The van der Waals surface area contributed by atoms with E-state index in [1.807, 2.05) is 18.2 Å². The van der Waals surface area contributed by atoms with Crippen LogP contribution in [-0.2, 0) is 0 Å². The van der Waals surface area contributed by atoms with E-state index in [4.69, 9.17) is 11.6 Å². The first kappa shape index (κ1) is 9.23. The topological polar surface area (TPSA) is 67.3 Å². The first-order valence-corrected chi connectivity index (χ1v) is 4.99. The van der Waals surface area contributed by atoms with Gasteiger partial charge in [-0.2, -0.15) is 5.10 Å². The van der Waals surface area contributed by atoms with Gasteiger partial charge in [-0.25, -0.2) is 9.97 Å². The summed E-state index contributed by atoms with van der Waals surface area (Å²) in [5.41, 5.74) is 2.69. The number of fused-ring (bicyclic) bond motifs is 1. The summed E-state index contributed by atoms with van der Waals surface area (Å²) in [5.74, 6) is 0.504. The van der Waals surface area contributed by atoms with Gasteiger partial charge >= 0.3 is 0 Å². The predicted molar refractivity (Wildman–Crippen MR) is 59.9 cm³/mol. The number of nitrogens with zero attached hydrogens (tertiary/aromatic N) is 4. The Bertz CT molecular complexity index is 648. The SMILES string of the molecule is Clc1cnnc(-c2ccc3nc[nH]c3c2)n1. The largest absolute Gasteiger partial charge is 0.345 e. The number of aromatic amines is 1. The van der Waals surface area contributed by atoms with Crippen LogP contribution in [0.2, 0.25) is 5.15 Å². The van der Waals surface area contributed by atoms with Gasteiger partial charge in [-0.15, -0.1) is 5.10 Å². The highest BCUT2D eigenvalue weighted by molar-refractivity contribution is 6.29. The molecule has 0 aliphatic rings. The second-order valence-corrected chi connectivity index (χ2v) is 3.62. The quantitative estimate of drug-likeness (QED) is 0.696. The zero-order chi connectivity index (χ0) is 11.0. The van der Waals surface area contributed by atoms with Crippen LogP contribution in [0.4, 0.5) is 0 Å². The smallest absolute Gasteiger partial charge is 0.183 e. The fraction of sp³-hybridized carbons (Fsp3) is 0. The van der Waals surface area contributed by atoms with E-state index in [0.717, 1.165) is 16.6 Å². The Kier molecular flexibility index (Phi) is 2.04. The van der Waals surface area contributed by atoms with E-state index in [0.29, 0.717) is 11.0 Å². The lowest BCUT2D eigenvalue weighted by atomic mass is 10.2. The van der Waals surface area contributed by atoms with Crippen molar-refractivity contribution in [3.63, 3.8) is 0 Å². The molecule has 0 saturated heterocycles. The van der Waals surface area contributed by atoms with Gasteiger partial charge in [-0.05, 0) is 18.2 Å². The molecule has 0 saturated carbocycles. The number of nitrogens with one attached hydrogen (secondary N) is 1. The van der Waals surface area contributed by atoms with E-state index < -0.39 is 0 Å². The Morgan fingerprint density at radius 1 is 1.25 bits per heavy atom. The molecule has 3 rings (SSSR count). The number of rotatable bonds is 1. The van der Waals surface area contributed by atoms with Crippen LogP contribution < -0.4 is 0 Å². The molecule has 0 amide bonds.